The van der Waals surface area contributed by atoms with E-state index in [1.54, 1.807) is 30.3 Å². The van der Waals surface area contributed by atoms with Gasteiger partial charge in [0.1, 0.15) is 11.6 Å². The Labute approximate surface area is 181 Å². The molecule has 3 rings (SSSR count). The van der Waals surface area contributed by atoms with E-state index in [9.17, 15) is 9.18 Å². The van der Waals surface area contributed by atoms with E-state index in [-0.39, 0.29) is 12.1 Å². The minimum Gasteiger partial charge on any atom is -0.484 e. The van der Waals surface area contributed by atoms with Crippen molar-refractivity contribution in [1.82, 2.24) is 5.43 Å². The molecule has 0 aliphatic carbocycles. The molecule has 1 amide bonds. The number of amides is 1. The van der Waals surface area contributed by atoms with E-state index in [2.05, 4.69) is 42.3 Å². The molecule has 158 valence electrons. The van der Waals surface area contributed by atoms with E-state index in [1.165, 1.54) is 12.3 Å². The number of nitrogens with zero attached hydrogens (tertiary/aromatic N) is 2. The number of rotatable bonds is 6. The first kappa shape index (κ1) is 21.8. The molecule has 0 saturated heterocycles. The summed E-state index contributed by atoms with van der Waals surface area (Å²) in [4.78, 5) is 14.1. The van der Waals surface area contributed by atoms with Crippen LogP contribution in [0.25, 0.3) is 5.57 Å². The molecule has 7 heteroatoms. The zero-order valence-corrected chi connectivity index (χ0v) is 18.3. The van der Waals surface area contributed by atoms with Crippen LogP contribution >= 0.6 is 11.6 Å². The molecule has 0 fully saturated rings. The number of hydrogen-bond donors (Lipinski definition) is 1. The highest BCUT2D eigenvalue weighted by molar-refractivity contribution is 6.30. The number of fused-ring (bicyclic) bond motifs is 1. The number of allylic oxidation sites excluding steroid dienone is 1. The minimum atomic E-state index is -0.449. The summed E-state index contributed by atoms with van der Waals surface area (Å²) in [5, 5.41) is 4.45. The molecule has 1 N–H and O–H groups in total. The Morgan fingerprint density at radius 1 is 1.30 bits per heavy atom. The third-order valence-electron chi connectivity index (χ3n) is 4.99. The highest BCUT2D eigenvalue weighted by Crippen LogP contribution is 2.39. The fourth-order valence-corrected chi connectivity index (χ4v) is 3.80. The first-order valence-electron chi connectivity index (χ1n) is 9.72. The topological polar surface area (TPSA) is 53.9 Å². The molecule has 5 nitrogen and oxygen atoms in total. The number of anilines is 1. The van der Waals surface area contributed by atoms with Crippen LogP contribution in [-0.2, 0) is 4.79 Å². The van der Waals surface area contributed by atoms with E-state index >= 15 is 0 Å². The second kappa shape index (κ2) is 8.88. The van der Waals surface area contributed by atoms with Gasteiger partial charge in [-0.15, -0.1) is 0 Å². The van der Waals surface area contributed by atoms with Gasteiger partial charge in [-0.2, -0.15) is 5.10 Å². The SMILES string of the molecule is CCN1c2cc(F)c(/C=N\NC(=O)COc3ccc(Cl)cc3)cc2C(C)=CC1(C)C. The van der Waals surface area contributed by atoms with Crippen molar-refractivity contribution in [2.75, 3.05) is 18.1 Å². The Bertz CT molecular complexity index is 1000. The van der Waals surface area contributed by atoms with E-state index in [0.29, 0.717) is 16.3 Å². The number of carbonyl (C=O) groups is 1. The Kier molecular flexibility index (Phi) is 6.46. The van der Waals surface area contributed by atoms with Crippen LogP contribution in [0.1, 0.15) is 38.8 Å². The molecule has 0 atom stereocenters. The fraction of sp³-hybridized carbons (Fsp3) is 0.304. The Hall–Kier alpha value is -2.86. The Balaban J connectivity index is 1.68. The third-order valence-corrected chi connectivity index (χ3v) is 5.24. The Morgan fingerprint density at radius 2 is 2.00 bits per heavy atom. The highest BCUT2D eigenvalue weighted by Gasteiger charge is 2.30. The molecule has 1 aliphatic rings. The summed E-state index contributed by atoms with van der Waals surface area (Å²) in [7, 11) is 0. The van der Waals surface area contributed by atoms with Crippen LogP contribution in [0.15, 0.2) is 47.6 Å². The lowest BCUT2D eigenvalue weighted by molar-refractivity contribution is -0.123. The maximum Gasteiger partial charge on any atom is 0.277 e. The number of hydrogen-bond acceptors (Lipinski definition) is 4. The van der Waals surface area contributed by atoms with Crippen molar-refractivity contribution in [2.45, 2.75) is 33.2 Å². The molecule has 2 aromatic carbocycles. The van der Waals surface area contributed by atoms with Crippen molar-refractivity contribution in [1.29, 1.82) is 0 Å². The van der Waals surface area contributed by atoms with Gasteiger partial charge in [0.15, 0.2) is 6.61 Å². The van der Waals surface area contributed by atoms with Crippen LogP contribution in [0.3, 0.4) is 0 Å². The largest absolute Gasteiger partial charge is 0.484 e. The molecule has 30 heavy (non-hydrogen) atoms. The number of benzene rings is 2. The first-order valence-corrected chi connectivity index (χ1v) is 10.1. The predicted octanol–water partition coefficient (Wildman–Crippen LogP) is 5.03. The molecule has 0 saturated carbocycles. The maximum atomic E-state index is 14.7. The van der Waals surface area contributed by atoms with Gasteiger partial charge < -0.3 is 9.64 Å². The van der Waals surface area contributed by atoms with Crippen molar-refractivity contribution in [3.05, 3.63) is 64.4 Å². The van der Waals surface area contributed by atoms with Gasteiger partial charge in [-0.1, -0.05) is 17.7 Å². The van der Waals surface area contributed by atoms with Gasteiger partial charge in [0.2, 0.25) is 0 Å². The van der Waals surface area contributed by atoms with Gasteiger partial charge in [0.25, 0.3) is 5.91 Å². The van der Waals surface area contributed by atoms with Crippen LogP contribution in [0.4, 0.5) is 10.1 Å². The second-order valence-electron chi connectivity index (χ2n) is 7.65. The van der Waals surface area contributed by atoms with Crippen molar-refractivity contribution < 1.29 is 13.9 Å². The summed E-state index contributed by atoms with van der Waals surface area (Å²) >= 11 is 5.81. The minimum absolute atomic E-state index is 0.189. The number of ether oxygens (including phenoxy) is 1. The van der Waals surface area contributed by atoms with Gasteiger partial charge in [-0.3, -0.25) is 4.79 Å². The van der Waals surface area contributed by atoms with Crippen LogP contribution < -0.4 is 15.1 Å². The molecule has 0 bridgehead atoms. The van der Waals surface area contributed by atoms with Crippen molar-refractivity contribution in [3.63, 3.8) is 0 Å². The highest BCUT2D eigenvalue weighted by atomic mass is 35.5. The predicted molar refractivity (Wildman–Crippen MR) is 120 cm³/mol. The lowest BCUT2D eigenvalue weighted by Gasteiger charge is -2.42. The number of nitrogens with one attached hydrogen (secondary N) is 1. The lowest BCUT2D eigenvalue weighted by Crippen LogP contribution is -2.45. The van der Waals surface area contributed by atoms with Crippen LogP contribution in [0, 0.1) is 5.82 Å². The van der Waals surface area contributed by atoms with E-state index in [0.717, 1.165) is 23.4 Å². The standard InChI is InChI=1S/C23H25ClFN3O2/c1-5-28-21-11-20(25)16(10-19(21)15(2)12-23(28,3)4)13-26-27-22(29)14-30-18-8-6-17(24)7-9-18/h6-13H,5,14H2,1-4H3,(H,27,29)/b26-13-. The number of carbonyl (C=O) groups excluding carboxylic acids is 1. The van der Waals surface area contributed by atoms with Crippen molar-refractivity contribution in [3.8, 4) is 5.75 Å². The summed E-state index contributed by atoms with van der Waals surface area (Å²) in [5.74, 6) is -0.326. The number of halogens is 2. The van der Waals surface area contributed by atoms with Gasteiger partial charge in [-0.05, 0) is 69.7 Å². The molecule has 0 aromatic heterocycles. The maximum absolute atomic E-state index is 14.7. The van der Waals surface area contributed by atoms with E-state index in [1.807, 2.05) is 6.92 Å². The van der Waals surface area contributed by atoms with E-state index in [4.69, 9.17) is 16.3 Å². The quantitative estimate of drug-likeness (QED) is 0.517. The smallest absolute Gasteiger partial charge is 0.277 e. The fourth-order valence-electron chi connectivity index (χ4n) is 3.68. The van der Waals surface area contributed by atoms with Gasteiger partial charge in [-0.25, -0.2) is 9.82 Å². The number of likely N-dealkylation sites (N-methyl/N-ethyl adjacent to an activating group) is 1. The van der Waals surface area contributed by atoms with Gasteiger partial charge in [0.05, 0.1) is 11.8 Å². The summed E-state index contributed by atoms with van der Waals surface area (Å²) in [6.45, 7) is 8.83. The molecular formula is C23H25ClFN3O2. The molecule has 0 unspecified atom stereocenters. The summed E-state index contributed by atoms with van der Waals surface area (Å²) in [6.07, 6.45) is 3.48. The number of hydrazone groups is 1. The third kappa shape index (κ3) is 4.82. The zero-order valence-electron chi connectivity index (χ0n) is 17.5. The second-order valence-corrected chi connectivity index (χ2v) is 8.09. The van der Waals surface area contributed by atoms with Crippen LogP contribution in [0.2, 0.25) is 5.02 Å². The lowest BCUT2D eigenvalue weighted by atomic mass is 9.88. The molecule has 2 aromatic rings. The van der Waals surface area contributed by atoms with E-state index < -0.39 is 11.7 Å². The molecule has 0 radical (unpaired) electrons. The summed E-state index contributed by atoms with van der Waals surface area (Å²) in [5.41, 5.74) is 5.36. The molecule has 0 spiro atoms. The average molecular weight is 430 g/mol. The molecule has 1 aliphatic heterocycles. The van der Waals surface area contributed by atoms with Gasteiger partial charge in [0, 0.05) is 28.4 Å². The van der Waals surface area contributed by atoms with Crippen LogP contribution in [-0.4, -0.2) is 30.8 Å². The molecule has 1 heterocycles. The zero-order chi connectivity index (χ0) is 21.9. The normalized spacial score (nSPS) is 15.0. The average Bonchev–Trinajstić information content (AvgIpc) is 2.68. The van der Waals surface area contributed by atoms with Crippen LogP contribution in [0.5, 0.6) is 5.75 Å². The summed E-state index contributed by atoms with van der Waals surface area (Å²) in [6, 6.07) is 9.96. The first-order chi connectivity index (χ1) is 14.2. The van der Waals surface area contributed by atoms with Crippen molar-refractivity contribution in [2.24, 2.45) is 5.10 Å². The van der Waals surface area contributed by atoms with Gasteiger partial charge >= 0.3 is 0 Å². The van der Waals surface area contributed by atoms with Crippen molar-refractivity contribution >= 4 is 35.0 Å². The monoisotopic (exact) mass is 429 g/mol. The summed E-state index contributed by atoms with van der Waals surface area (Å²) < 4.78 is 20.1. The molecular weight excluding hydrogens is 405 g/mol. The Morgan fingerprint density at radius 3 is 2.67 bits per heavy atom.